The molecule has 1 aromatic rings. The standard InChI is InChI=1S/C19H37NO7Si3/c1-15(21)16-13-18(24-2)19(14-17(16)20(22)23)25-11-10-12-29(6,7)27-30(8,9)26-28(3,4)5/h13-15,21H,10-12H2,1-9H3. The molecule has 11 heteroatoms. The molecule has 30 heavy (non-hydrogen) atoms. The van der Waals surface area contributed by atoms with Crippen LogP contribution in [0.25, 0.3) is 0 Å². The van der Waals surface area contributed by atoms with Crippen LogP contribution in [0.2, 0.25) is 51.9 Å². The molecular formula is C19H37NO7Si3. The summed E-state index contributed by atoms with van der Waals surface area (Å²) in [6.45, 7) is 16.9. The third-order valence-electron chi connectivity index (χ3n) is 4.21. The van der Waals surface area contributed by atoms with E-state index in [9.17, 15) is 15.2 Å². The molecule has 0 spiro atoms. The Kier molecular flexibility index (Phi) is 9.26. The smallest absolute Gasteiger partial charge is 0.311 e. The minimum Gasteiger partial charge on any atom is -0.493 e. The van der Waals surface area contributed by atoms with Gasteiger partial charge in [-0.25, -0.2) is 0 Å². The molecule has 0 aliphatic carbocycles. The van der Waals surface area contributed by atoms with E-state index in [0.29, 0.717) is 18.1 Å². The largest absolute Gasteiger partial charge is 0.493 e. The predicted molar refractivity (Wildman–Crippen MR) is 126 cm³/mol. The van der Waals surface area contributed by atoms with E-state index in [-0.39, 0.29) is 11.3 Å². The number of nitro benzene ring substituents is 1. The van der Waals surface area contributed by atoms with Crippen molar-refractivity contribution in [3.05, 3.63) is 27.8 Å². The number of benzene rings is 1. The van der Waals surface area contributed by atoms with Crippen molar-refractivity contribution in [1.82, 2.24) is 0 Å². The number of ether oxygens (including phenoxy) is 2. The minimum atomic E-state index is -2.19. The first kappa shape index (κ1) is 26.8. The van der Waals surface area contributed by atoms with Crippen LogP contribution in [0.5, 0.6) is 11.5 Å². The van der Waals surface area contributed by atoms with E-state index in [1.54, 1.807) is 0 Å². The lowest BCUT2D eigenvalue weighted by atomic mass is 10.1. The second kappa shape index (κ2) is 10.4. The van der Waals surface area contributed by atoms with Crippen LogP contribution in [0.1, 0.15) is 25.0 Å². The Labute approximate surface area is 183 Å². The Bertz CT molecular complexity index is 734. The molecule has 0 heterocycles. The molecule has 1 aromatic carbocycles. The Morgan fingerprint density at radius 2 is 1.67 bits per heavy atom. The number of nitro groups is 1. The number of rotatable bonds is 12. The highest BCUT2D eigenvalue weighted by molar-refractivity contribution is 6.87. The molecule has 0 bridgehead atoms. The van der Waals surface area contributed by atoms with Gasteiger partial charge in [-0.3, -0.25) is 10.1 Å². The molecule has 1 unspecified atom stereocenters. The van der Waals surface area contributed by atoms with Gasteiger partial charge in [0.15, 0.2) is 28.1 Å². The summed E-state index contributed by atoms with van der Waals surface area (Å²) in [5, 5.41) is 21.2. The molecule has 1 rings (SSSR count). The third-order valence-corrected chi connectivity index (χ3v) is 14.4. The number of aliphatic hydroxyl groups is 1. The Morgan fingerprint density at radius 1 is 1.07 bits per heavy atom. The fourth-order valence-corrected chi connectivity index (χ4v) is 16.7. The van der Waals surface area contributed by atoms with Crippen molar-refractivity contribution in [2.45, 2.75) is 71.3 Å². The lowest BCUT2D eigenvalue weighted by Crippen LogP contribution is -2.51. The molecule has 0 radical (unpaired) electrons. The van der Waals surface area contributed by atoms with Crippen molar-refractivity contribution in [1.29, 1.82) is 0 Å². The van der Waals surface area contributed by atoms with Crippen LogP contribution in [-0.2, 0) is 8.23 Å². The van der Waals surface area contributed by atoms with Gasteiger partial charge in [-0.15, -0.1) is 0 Å². The number of hydrogen-bond acceptors (Lipinski definition) is 7. The molecular weight excluding hydrogens is 438 g/mol. The first-order valence-corrected chi connectivity index (χ1v) is 19.5. The first-order chi connectivity index (χ1) is 13.6. The summed E-state index contributed by atoms with van der Waals surface area (Å²) in [5.41, 5.74) is 0.0100. The fourth-order valence-electron chi connectivity index (χ4n) is 3.48. The Morgan fingerprint density at radius 3 is 2.13 bits per heavy atom. The maximum atomic E-state index is 11.4. The average Bonchev–Trinajstić information content (AvgIpc) is 2.54. The summed E-state index contributed by atoms with van der Waals surface area (Å²) in [4.78, 5) is 10.8. The van der Waals surface area contributed by atoms with Crippen molar-refractivity contribution in [3.8, 4) is 11.5 Å². The number of nitrogens with zero attached hydrogens (tertiary/aromatic N) is 1. The SMILES string of the molecule is COc1cc(C(C)O)c([N+](=O)[O-])cc1OCCC[Si](C)(C)O[Si](C)(C)O[Si](C)(C)C. The first-order valence-electron chi connectivity index (χ1n) is 10.1. The highest BCUT2D eigenvalue weighted by Crippen LogP contribution is 2.37. The van der Waals surface area contributed by atoms with Gasteiger partial charge in [-0.1, -0.05) is 0 Å². The Balaban J connectivity index is 2.77. The summed E-state index contributed by atoms with van der Waals surface area (Å²) < 4.78 is 23.9. The number of hydrogen-bond donors (Lipinski definition) is 1. The fraction of sp³-hybridized carbons (Fsp3) is 0.684. The highest BCUT2D eigenvalue weighted by Gasteiger charge is 2.37. The van der Waals surface area contributed by atoms with E-state index in [0.717, 1.165) is 12.5 Å². The average molecular weight is 476 g/mol. The van der Waals surface area contributed by atoms with Crippen LogP contribution >= 0.6 is 0 Å². The maximum Gasteiger partial charge on any atom is 0.311 e. The predicted octanol–water partition coefficient (Wildman–Crippen LogP) is 5.20. The zero-order valence-electron chi connectivity index (χ0n) is 19.7. The van der Waals surface area contributed by atoms with E-state index < -0.39 is 36.2 Å². The molecule has 0 aliphatic rings. The zero-order valence-corrected chi connectivity index (χ0v) is 22.7. The molecule has 0 aromatic heterocycles. The van der Waals surface area contributed by atoms with E-state index >= 15 is 0 Å². The second-order valence-corrected chi connectivity index (χ2v) is 22.1. The van der Waals surface area contributed by atoms with E-state index in [1.165, 1.54) is 26.2 Å². The summed E-state index contributed by atoms with van der Waals surface area (Å²) in [5.74, 6) is 0.659. The molecule has 0 aliphatic heterocycles. The summed E-state index contributed by atoms with van der Waals surface area (Å²) in [7, 11) is -4.33. The molecule has 1 N–H and O–H groups in total. The van der Waals surface area contributed by atoms with Crippen molar-refractivity contribution >= 4 is 30.9 Å². The van der Waals surface area contributed by atoms with Crippen molar-refractivity contribution in [3.63, 3.8) is 0 Å². The zero-order chi connectivity index (χ0) is 23.3. The normalized spacial score (nSPS) is 13.8. The molecule has 0 fully saturated rings. The van der Waals surface area contributed by atoms with Crippen LogP contribution in [0, 0.1) is 10.1 Å². The molecule has 172 valence electrons. The molecule has 0 saturated heterocycles. The quantitative estimate of drug-likeness (QED) is 0.192. The van der Waals surface area contributed by atoms with Crippen LogP contribution in [0.15, 0.2) is 12.1 Å². The van der Waals surface area contributed by atoms with Gasteiger partial charge in [0.1, 0.15) is 0 Å². The Hall–Kier alpha value is -1.25. The van der Waals surface area contributed by atoms with Gasteiger partial charge in [0.05, 0.1) is 36.4 Å². The molecule has 8 nitrogen and oxygen atoms in total. The number of methoxy groups -OCH3 is 1. The van der Waals surface area contributed by atoms with Crippen LogP contribution in [-0.4, -0.2) is 48.9 Å². The third kappa shape index (κ3) is 8.86. The van der Waals surface area contributed by atoms with Crippen LogP contribution in [0.4, 0.5) is 5.69 Å². The summed E-state index contributed by atoms with van der Waals surface area (Å²) >= 11 is 0. The van der Waals surface area contributed by atoms with Crippen molar-refractivity contribution < 1.29 is 27.7 Å². The van der Waals surface area contributed by atoms with Gasteiger partial charge in [-0.2, -0.15) is 0 Å². The van der Waals surface area contributed by atoms with E-state index in [4.69, 9.17) is 17.7 Å². The topological polar surface area (TPSA) is 100 Å². The van der Waals surface area contributed by atoms with Crippen molar-refractivity contribution in [2.75, 3.05) is 13.7 Å². The lowest BCUT2D eigenvalue weighted by molar-refractivity contribution is -0.386. The van der Waals surface area contributed by atoms with Gasteiger partial charge in [0.2, 0.25) is 0 Å². The lowest BCUT2D eigenvalue weighted by Gasteiger charge is -2.37. The van der Waals surface area contributed by atoms with Crippen molar-refractivity contribution in [2.24, 2.45) is 0 Å². The van der Waals surface area contributed by atoms with Crippen LogP contribution < -0.4 is 9.47 Å². The summed E-state index contributed by atoms with van der Waals surface area (Å²) in [6, 6.07) is 3.66. The summed E-state index contributed by atoms with van der Waals surface area (Å²) in [6.07, 6.45) is -0.227. The molecule has 0 saturated carbocycles. The van der Waals surface area contributed by atoms with E-state index in [1.807, 2.05) is 0 Å². The second-order valence-electron chi connectivity index (χ2n) is 9.42. The number of aliphatic hydroxyl groups excluding tert-OH is 1. The monoisotopic (exact) mass is 475 g/mol. The van der Waals surface area contributed by atoms with E-state index in [2.05, 4.69) is 45.8 Å². The van der Waals surface area contributed by atoms with Gasteiger partial charge >= 0.3 is 8.56 Å². The van der Waals surface area contributed by atoms with Gasteiger partial charge in [0.25, 0.3) is 5.69 Å². The van der Waals surface area contributed by atoms with Gasteiger partial charge in [-0.05, 0) is 71.3 Å². The maximum absolute atomic E-state index is 11.4. The van der Waals surface area contributed by atoms with Gasteiger partial charge in [0, 0.05) is 0 Å². The van der Waals surface area contributed by atoms with Crippen LogP contribution in [0.3, 0.4) is 0 Å². The molecule has 1 atom stereocenters. The minimum absolute atomic E-state index is 0.185. The molecule has 0 amide bonds. The van der Waals surface area contributed by atoms with Gasteiger partial charge < -0.3 is 22.8 Å². The highest BCUT2D eigenvalue weighted by atomic mass is 28.5.